The topological polar surface area (TPSA) is 178 Å². The number of hydrogen-bond acceptors (Lipinski definition) is 9. The number of aliphatic hydroxyl groups is 3. The number of rotatable bonds is 0. The minimum Gasteiger partial charge on any atom is -0.507 e. The Hall–Kier alpha value is -4.48. The van der Waals surface area contributed by atoms with Crippen molar-refractivity contribution in [2.75, 3.05) is 0 Å². The Balaban J connectivity index is 2.05. The third-order valence-corrected chi connectivity index (χ3v) is 9.13. The number of Topliss-reactive ketones (excluding diaryl/α,β-unsaturated/α-hetero) is 4. The minimum absolute atomic E-state index is 0.0807. The van der Waals surface area contributed by atoms with Gasteiger partial charge in [-0.2, -0.15) is 0 Å². The zero-order valence-electron chi connectivity index (χ0n) is 28.9. The summed E-state index contributed by atoms with van der Waals surface area (Å²) >= 11 is 6.31. The monoisotopic (exact) mass is 705 g/mol. The van der Waals surface area contributed by atoms with Gasteiger partial charge in [0, 0.05) is 41.4 Å². The maximum atomic E-state index is 13.8. The number of carbonyl (C=O) groups excluding carboxylic acids is 5. The van der Waals surface area contributed by atoms with Crippen LogP contribution in [0.25, 0.3) is 0 Å². The van der Waals surface area contributed by atoms with Crippen molar-refractivity contribution in [2.45, 2.75) is 72.7 Å². The van der Waals surface area contributed by atoms with Gasteiger partial charge in [-0.05, 0) is 50.0 Å². The Kier molecular flexibility index (Phi) is 13.9. The maximum Gasteiger partial charge on any atom is 0.248 e. The molecule has 2 aliphatic heterocycles. The fourth-order valence-corrected chi connectivity index (χ4v) is 5.73. The van der Waals surface area contributed by atoms with E-state index in [1.165, 1.54) is 44.2 Å². The van der Waals surface area contributed by atoms with Gasteiger partial charge in [-0.25, -0.2) is 0 Å². The predicted molar refractivity (Wildman–Crippen MR) is 191 cm³/mol. The molecular formula is C39H44ClNO9. The van der Waals surface area contributed by atoms with Crippen LogP contribution in [-0.2, 0) is 9.59 Å². The largest absolute Gasteiger partial charge is 0.507 e. The third kappa shape index (κ3) is 9.60. The van der Waals surface area contributed by atoms with E-state index in [4.69, 9.17) is 11.6 Å². The number of aliphatic hydroxyl groups excluding tert-OH is 3. The van der Waals surface area contributed by atoms with E-state index >= 15 is 0 Å². The second kappa shape index (κ2) is 17.4. The van der Waals surface area contributed by atoms with Gasteiger partial charge in [-0.3, -0.25) is 24.0 Å². The smallest absolute Gasteiger partial charge is 0.248 e. The molecule has 5 N–H and O–H groups in total. The summed E-state index contributed by atoms with van der Waals surface area (Å²) in [6.45, 7) is 9.66. The summed E-state index contributed by atoms with van der Waals surface area (Å²) in [5, 5.41) is 44.7. The van der Waals surface area contributed by atoms with Crippen molar-refractivity contribution >= 4 is 40.6 Å². The van der Waals surface area contributed by atoms with Crippen LogP contribution >= 0.6 is 11.6 Å². The Bertz CT molecular complexity index is 1770. The summed E-state index contributed by atoms with van der Waals surface area (Å²) in [6, 6.07) is 1.25. The fourth-order valence-electron chi connectivity index (χ4n) is 5.51. The number of nitrogens with one attached hydrogen (secondary N) is 1. The van der Waals surface area contributed by atoms with Crippen LogP contribution in [0.1, 0.15) is 84.1 Å². The van der Waals surface area contributed by atoms with Gasteiger partial charge in [0.15, 0.2) is 11.6 Å². The summed E-state index contributed by atoms with van der Waals surface area (Å²) in [7, 11) is 0. The highest BCUT2D eigenvalue weighted by atomic mass is 35.5. The first-order valence-electron chi connectivity index (χ1n) is 16.3. The first-order chi connectivity index (χ1) is 23.5. The quantitative estimate of drug-likeness (QED) is 0.224. The fraction of sp³-hybridized carbons (Fsp3) is 0.359. The van der Waals surface area contributed by atoms with Crippen LogP contribution < -0.4 is 5.32 Å². The number of aromatic hydroxyl groups is 1. The summed E-state index contributed by atoms with van der Waals surface area (Å²) in [6.07, 6.45) is 12.2. The van der Waals surface area contributed by atoms with E-state index in [0.29, 0.717) is 5.57 Å². The number of carbonyl (C=O) groups is 5. The van der Waals surface area contributed by atoms with E-state index in [1.54, 1.807) is 58.1 Å². The minimum atomic E-state index is -1.01. The number of phenolic OH excluding ortho intramolecular Hbond substituents is 1. The molecule has 4 bridgehead atoms. The average Bonchev–Trinajstić information content (AvgIpc) is 3.07. The average molecular weight is 706 g/mol. The first-order valence-corrected chi connectivity index (χ1v) is 16.7. The van der Waals surface area contributed by atoms with Crippen LogP contribution in [0.5, 0.6) is 5.75 Å². The van der Waals surface area contributed by atoms with Gasteiger partial charge in [0.1, 0.15) is 16.5 Å². The molecule has 6 atom stereocenters. The van der Waals surface area contributed by atoms with E-state index in [0.717, 1.165) is 6.08 Å². The summed E-state index contributed by atoms with van der Waals surface area (Å²) < 4.78 is 0. The molecule has 10 nitrogen and oxygen atoms in total. The number of benzene rings is 1. The molecule has 266 valence electrons. The highest BCUT2D eigenvalue weighted by Gasteiger charge is 2.38. The molecule has 3 aliphatic rings. The number of aryl methyl sites for hydroxylation is 1. The second-order valence-corrected chi connectivity index (χ2v) is 13.2. The van der Waals surface area contributed by atoms with Crippen LogP contribution in [0.4, 0.5) is 0 Å². The van der Waals surface area contributed by atoms with E-state index in [9.17, 15) is 44.4 Å². The molecule has 0 saturated heterocycles. The molecule has 50 heavy (non-hydrogen) atoms. The molecule has 0 fully saturated rings. The lowest BCUT2D eigenvalue weighted by Gasteiger charge is -2.23. The second-order valence-electron chi connectivity index (χ2n) is 12.8. The highest BCUT2D eigenvalue weighted by molar-refractivity contribution is 6.51. The normalized spacial score (nSPS) is 31.4. The van der Waals surface area contributed by atoms with Gasteiger partial charge < -0.3 is 25.7 Å². The van der Waals surface area contributed by atoms with Crippen LogP contribution in [0.2, 0.25) is 0 Å². The lowest BCUT2D eigenvalue weighted by atomic mass is 9.83. The zero-order valence-corrected chi connectivity index (χ0v) is 29.7. The predicted octanol–water partition coefficient (Wildman–Crippen LogP) is 5.30. The Morgan fingerprint density at radius 2 is 1.42 bits per heavy atom. The Morgan fingerprint density at radius 3 is 2.10 bits per heavy atom. The highest BCUT2D eigenvalue weighted by Crippen LogP contribution is 2.37. The summed E-state index contributed by atoms with van der Waals surface area (Å²) in [4.78, 5) is 66.2. The molecule has 4 rings (SSSR count). The van der Waals surface area contributed by atoms with Gasteiger partial charge in [-0.15, -0.1) is 0 Å². The van der Waals surface area contributed by atoms with Gasteiger partial charge in [-0.1, -0.05) is 87.1 Å². The molecule has 0 spiro atoms. The lowest BCUT2D eigenvalue weighted by molar-refractivity contribution is -0.118. The van der Waals surface area contributed by atoms with Crippen molar-refractivity contribution in [2.24, 2.45) is 17.8 Å². The van der Waals surface area contributed by atoms with Gasteiger partial charge in [0.25, 0.3) is 0 Å². The van der Waals surface area contributed by atoms with Crippen molar-refractivity contribution in [3.8, 4) is 5.75 Å². The maximum absolute atomic E-state index is 13.8. The summed E-state index contributed by atoms with van der Waals surface area (Å²) in [5.74, 6) is -5.52. The number of fused-ring (bicyclic) bond motifs is 18. The van der Waals surface area contributed by atoms with Gasteiger partial charge in [0.05, 0.1) is 23.9 Å². The molecule has 1 amide bonds. The van der Waals surface area contributed by atoms with Crippen LogP contribution in [-0.4, -0.2) is 67.8 Å². The molecule has 2 heterocycles. The molecular weight excluding hydrogens is 662 g/mol. The zero-order chi connectivity index (χ0) is 37.4. The molecule has 1 aliphatic carbocycles. The molecule has 0 aromatic heterocycles. The van der Waals surface area contributed by atoms with E-state index in [2.05, 4.69) is 5.32 Å². The molecule has 1 aromatic rings. The van der Waals surface area contributed by atoms with Crippen molar-refractivity contribution in [1.29, 1.82) is 0 Å². The first kappa shape index (κ1) is 40.0. The number of ketones is 4. The van der Waals surface area contributed by atoms with Crippen LogP contribution in [0.15, 0.2) is 88.7 Å². The molecule has 11 heteroatoms. The van der Waals surface area contributed by atoms with Crippen molar-refractivity contribution in [3.05, 3.63) is 111 Å². The third-order valence-electron chi connectivity index (χ3n) is 8.77. The number of hydrogen-bond donors (Lipinski definition) is 5. The SMILES string of the molecule is C/C1=C/[C@H](C)[C@@H](O)[C@@H](C)/C=C/[C@@H](O)C/C=C(\C)C(=O)C[C@H](O)[C@@H](C)/C=C/C=C\C=C/C(=O)NC2=C(Cl)C(=O)c3c(cc(C)c(O)c3C1=O)C2=O. The Morgan fingerprint density at radius 1 is 0.760 bits per heavy atom. The van der Waals surface area contributed by atoms with Crippen molar-refractivity contribution < 1.29 is 44.4 Å². The Labute approximate surface area is 296 Å². The number of allylic oxidation sites excluding steroid dienone is 8. The van der Waals surface area contributed by atoms with Gasteiger partial charge >= 0.3 is 0 Å². The number of phenols is 1. The number of halogens is 1. The standard InChI is InChI=1S/C39H44ClNO9/c1-20-11-9-7-8-10-12-30(45)41-34-33(40)39(50)31-27(38(34)49)18-25(6)37(48)32(31)36(47)24(5)17-23(4)35(46)22(3)14-16-26(42)15-13-21(2)29(44)19-28(20)43/h7-14,16-18,20,22-23,26,28,35,42-43,46,48H,15,19H2,1-6H3,(H,41,45)/b8-7-,11-9+,12-10-,16-14+,21-13+,24-17-/t20-,22-,23-,26-,28-,35-/m0/s1. The molecule has 0 radical (unpaired) electrons. The van der Waals surface area contributed by atoms with Crippen molar-refractivity contribution in [3.63, 3.8) is 0 Å². The van der Waals surface area contributed by atoms with Crippen molar-refractivity contribution in [1.82, 2.24) is 5.32 Å². The van der Waals surface area contributed by atoms with E-state index in [1.807, 2.05) is 0 Å². The van der Waals surface area contributed by atoms with E-state index < -0.39 is 81.0 Å². The summed E-state index contributed by atoms with van der Waals surface area (Å²) in [5.41, 5.74) is -0.886. The molecule has 0 saturated carbocycles. The van der Waals surface area contributed by atoms with Gasteiger partial charge in [0.2, 0.25) is 17.5 Å². The molecule has 0 unspecified atom stereocenters. The van der Waals surface area contributed by atoms with Crippen LogP contribution in [0, 0.1) is 24.7 Å². The lowest BCUT2D eigenvalue weighted by Crippen LogP contribution is -2.33. The molecule has 1 aromatic carbocycles. The van der Waals surface area contributed by atoms with Crippen LogP contribution in [0.3, 0.4) is 0 Å². The number of amides is 1. The van der Waals surface area contributed by atoms with E-state index in [-0.39, 0.29) is 41.2 Å².